The molecule has 0 bridgehead atoms. The zero-order chi connectivity index (χ0) is 9.65. The quantitative estimate of drug-likeness (QED) is 0.591. The van der Waals surface area contributed by atoms with E-state index in [2.05, 4.69) is 0 Å². The van der Waals surface area contributed by atoms with Crippen LogP contribution in [0.4, 0.5) is 0 Å². The van der Waals surface area contributed by atoms with E-state index < -0.39 is 0 Å². The molecule has 14 heavy (non-hydrogen) atoms. The van der Waals surface area contributed by atoms with E-state index in [1.54, 1.807) is 0 Å². The molecule has 0 aromatic rings. The Morgan fingerprint density at radius 3 is 2.43 bits per heavy atom. The van der Waals surface area contributed by atoms with Crippen LogP contribution in [0.25, 0.3) is 0 Å². The molecule has 3 nitrogen and oxygen atoms in total. The molecule has 0 amide bonds. The standard InChI is InChI=1S/C11H16O3/c12-9-6-10(7-9)2-1-3-11(8-10)13-4-5-14-11/h1-8H2. The van der Waals surface area contributed by atoms with Gasteiger partial charge in [-0.05, 0) is 18.3 Å². The van der Waals surface area contributed by atoms with Crippen LogP contribution in [0.5, 0.6) is 0 Å². The molecule has 3 fully saturated rings. The maximum atomic E-state index is 11.1. The second-order valence-corrected chi connectivity index (χ2v) is 5.03. The molecule has 3 aliphatic rings. The summed E-state index contributed by atoms with van der Waals surface area (Å²) < 4.78 is 11.4. The average molecular weight is 196 g/mol. The van der Waals surface area contributed by atoms with Crippen molar-refractivity contribution in [2.45, 2.75) is 44.3 Å². The van der Waals surface area contributed by atoms with Gasteiger partial charge in [0.2, 0.25) is 0 Å². The van der Waals surface area contributed by atoms with Crippen LogP contribution < -0.4 is 0 Å². The Morgan fingerprint density at radius 1 is 1.07 bits per heavy atom. The van der Waals surface area contributed by atoms with Crippen LogP contribution in [0.15, 0.2) is 0 Å². The fourth-order valence-electron chi connectivity index (χ4n) is 3.31. The number of carbonyl (C=O) groups excluding carboxylic acids is 1. The highest BCUT2D eigenvalue weighted by Crippen LogP contribution is 2.54. The lowest BCUT2D eigenvalue weighted by molar-refractivity contribution is -0.211. The summed E-state index contributed by atoms with van der Waals surface area (Å²) in [5.41, 5.74) is 0.250. The fraction of sp³-hybridized carbons (Fsp3) is 0.909. The first-order valence-electron chi connectivity index (χ1n) is 5.52. The summed E-state index contributed by atoms with van der Waals surface area (Å²) in [6.45, 7) is 1.45. The van der Waals surface area contributed by atoms with E-state index in [-0.39, 0.29) is 11.2 Å². The minimum atomic E-state index is -0.307. The van der Waals surface area contributed by atoms with Crippen molar-refractivity contribution in [2.24, 2.45) is 5.41 Å². The smallest absolute Gasteiger partial charge is 0.169 e. The number of ether oxygens (including phenoxy) is 2. The molecule has 1 aliphatic heterocycles. The molecular formula is C11H16O3. The van der Waals surface area contributed by atoms with Gasteiger partial charge in [-0.25, -0.2) is 0 Å². The molecule has 2 aliphatic carbocycles. The minimum Gasteiger partial charge on any atom is -0.348 e. The van der Waals surface area contributed by atoms with Gasteiger partial charge in [0.25, 0.3) is 0 Å². The summed E-state index contributed by atoms with van der Waals surface area (Å²) in [4.78, 5) is 11.1. The van der Waals surface area contributed by atoms with Crippen molar-refractivity contribution in [3.8, 4) is 0 Å². The Balaban J connectivity index is 1.75. The number of carbonyl (C=O) groups is 1. The van der Waals surface area contributed by atoms with Gasteiger partial charge in [0.1, 0.15) is 5.78 Å². The third-order valence-corrected chi connectivity index (χ3v) is 3.87. The molecule has 78 valence electrons. The van der Waals surface area contributed by atoms with E-state index in [4.69, 9.17) is 9.47 Å². The molecule has 3 heteroatoms. The normalized spacial score (nSPS) is 33.6. The number of hydrogen-bond acceptors (Lipinski definition) is 3. The fourth-order valence-corrected chi connectivity index (χ4v) is 3.31. The summed E-state index contributed by atoms with van der Waals surface area (Å²) in [5, 5.41) is 0. The van der Waals surface area contributed by atoms with Crippen molar-refractivity contribution in [2.75, 3.05) is 13.2 Å². The third-order valence-electron chi connectivity index (χ3n) is 3.87. The van der Waals surface area contributed by atoms with E-state index in [0.29, 0.717) is 5.78 Å². The maximum absolute atomic E-state index is 11.1. The highest BCUT2D eigenvalue weighted by Gasteiger charge is 2.53. The molecule has 3 rings (SSSR count). The predicted molar refractivity (Wildman–Crippen MR) is 49.8 cm³/mol. The molecule has 0 unspecified atom stereocenters. The van der Waals surface area contributed by atoms with Crippen LogP contribution in [0.2, 0.25) is 0 Å². The van der Waals surface area contributed by atoms with Gasteiger partial charge in [-0.2, -0.15) is 0 Å². The van der Waals surface area contributed by atoms with Crippen LogP contribution in [0, 0.1) is 5.41 Å². The first kappa shape index (κ1) is 8.86. The van der Waals surface area contributed by atoms with Crippen LogP contribution in [-0.2, 0) is 14.3 Å². The van der Waals surface area contributed by atoms with E-state index in [9.17, 15) is 4.79 Å². The molecule has 0 aromatic carbocycles. The summed E-state index contributed by atoms with van der Waals surface area (Å²) in [6.07, 6.45) is 5.83. The summed E-state index contributed by atoms with van der Waals surface area (Å²) in [7, 11) is 0. The number of rotatable bonds is 0. The molecular weight excluding hydrogens is 180 g/mol. The molecule has 0 N–H and O–H groups in total. The van der Waals surface area contributed by atoms with Gasteiger partial charge in [0, 0.05) is 25.7 Å². The van der Waals surface area contributed by atoms with Crippen molar-refractivity contribution < 1.29 is 14.3 Å². The first-order valence-corrected chi connectivity index (χ1v) is 5.52. The topological polar surface area (TPSA) is 35.5 Å². The Bertz CT molecular complexity index is 258. The van der Waals surface area contributed by atoms with Crippen LogP contribution in [0.1, 0.15) is 38.5 Å². The monoisotopic (exact) mass is 196 g/mol. The van der Waals surface area contributed by atoms with E-state index in [1.807, 2.05) is 0 Å². The lowest BCUT2D eigenvalue weighted by Gasteiger charge is -2.49. The van der Waals surface area contributed by atoms with Gasteiger partial charge in [-0.3, -0.25) is 4.79 Å². The number of Topliss-reactive ketones (excluding diaryl/α,β-unsaturated/α-hetero) is 1. The van der Waals surface area contributed by atoms with Crippen LogP contribution >= 0.6 is 0 Å². The number of hydrogen-bond donors (Lipinski definition) is 0. The Hall–Kier alpha value is -0.410. The third kappa shape index (κ3) is 1.22. The number of ketones is 1. The zero-order valence-electron chi connectivity index (χ0n) is 8.38. The van der Waals surface area contributed by atoms with Gasteiger partial charge < -0.3 is 9.47 Å². The second-order valence-electron chi connectivity index (χ2n) is 5.03. The maximum Gasteiger partial charge on any atom is 0.169 e. The lowest BCUT2D eigenvalue weighted by atomic mass is 9.59. The molecule has 1 saturated heterocycles. The molecule has 2 spiro atoms. The lowest BCUT2D eigenvalue weighted by Crippen LogP contribution is -2.48. The molecule has 0 radical (unpaired) electrons. The zero-order valence-corrected chi connectivity index (χ0v) is 8.38. The predicted octanol–water partition coefficient (Wildman–Crippen LogP) is 1.65. The van der Waals surface area contributed by atoms with Crippen molar-refractivity contribution in [3.05, 3.63) is 0 Å². The van der Waals surface area contributed by atoms with Crippen molar-refractivity contribution in [3.63, 3.8) is 0 Å². The summed E-state index contributed by atoms with van der Waals surface area (Å²) in [6, 6.07) is 0. The van der Waals surface area contributed by atoms with Gasteiger partial charge >= 0.3 is 0 Å². The highest BCUT2D eigenvalue weighted by molar-refractivity contribution is 5.86. The van der Waals surface area contributed by atoms with E-state index in [1.165, 1.54) is 6.42 Å². The van der Waals surface area contributed by atoms with Crippen molar-refractivity contribution in [1.29, 1.82) is 0 Å². The molecule has 0 atom stereocenters. The Kier molecular flexibility index (Phi) is 1.77. The summed E-state index contributed by atoms with van der Waals surface area (Å²) in [5.74, 6) is 0.110. The van der Waals surface area contributed by atoms with Crippen LogP contribution in [-0.4, -0.2) is 24.8 Å². The van der Waals surface area contributed by atoms with Gasteiger partial charge in [-0.15, -0.1) is 0 Å². The van der Waals surface area contributed by atoms with E-state index in [0.717, 1.165) is 45.3 Å². The van der Waals surface area contributed by atoms with Crippen molar-refractivity contribution >= 4 is 5.78 Å². The molecule has 0 aromatic heterocycles. The highest BCUT2D eigenvalue weighted by atomic mass is 16.7. The van der Waals surface area contributed by atoms with Gasteiger partial charge in [0.05, 0.1) is 13.2 Å². The first-order chi connectivity index (χ1) is 6.72. The second kappa shape index (κ2) is 2.80. The largest absolute Gasteiger partial charge is 0.348 e. The SMILES string of the molecule is O=C1CC2(CCCC3(C2)OCCO3)C1. The van der Waals surface area contributed by atoms with Gasteiger partial charge in [-0.1, -0.05) is 0 Å². The van der Waals surface area contributed by atoms with E-state index >= 15 is 0 Å². The van der Waals surface area contributed by atoms with Crippen molar-refractivity contribution in [1.82, 2.24) is 0 Å². The minimum absolute atomic E-state index is 0.250. The Labute approximate surface area is 83.8 Å². The summed E-state index contributed by atoms with van der Waals surface area (Å²) >= 11 is 0. The Morgan fingerprint density at radius 2 is 1.79 bits per heavy atom. The average Bonchev–Trinajstić information content (AvgIpc) is 2.51. The van der Waals surface area contributed by atoms with Gasteiger partial charge in [0.15, 0.2) is 5.79 Å². The molecule has 2 saturated carbocycles. The van der Waals surface area contributed by atoms with Crippen LogP contribution in [0.3, 0.4) is 0 Å². The molecule has 1 heterocycles.